The molecule has 0 radical (unpaired) electrons. The highest BCUT2D eigenvalue weighted by Gasteiger charge is 2.23. The normalized spacial score (nSPS) is 19.3. The quantitative estimate of drug-likeness (QED) is 0.922. The Balaban J connectivity index is 2.04. The highest BCUT2D eigenvalue weighted by Crippen LogP contribution is 2.22. The predicted molar refractivity (Wildman–Crippen MR) is 76.6 cm³/mol. The van der Waals surface area contributed by atoms with Crippen LogP contribution in [0.5, 0.6) is 0 Å². The van der Waals surface area contributed by atoms with Gasteiger partial charge >= 0.3 is 0 Å². The summed E-state index contributed by atoms with van der Waals surface area (Å²) < 4.78 is 0. The van der Waals surface area contributed by atoms with Gasteiger partial charge in [-0.05, 0) is 37.5 Å². The van der Waals surface area contributed by atoms with Gasteiger partial charge < -0.3 is 10.0 Å². The average molecular weight is 282 g/mol. The molecule has 0 amide bonds. The molecule has 0 unspecified atom stereocenters. The summed E-state index contributed by atoms with van der Waals surface area (Å²) in [6.45, 7) is 4.08. The molecule has 0 aliphatic carbocycles. The molecule has 1 aliphatic heterocycles. The molecule has 1 atom stereocenters. The molecule has 0 aromatic heterocycles. The maximum Gasteiger partial charge on any atom is 0.138 e. The first kappa shape index (κ1) is 14.5. The molecule has 19 heavy (non-hydrogen) atoms. The number of rotatable bonds is 4. The lowest BCUT2D eigenvalue weighted by molar-refractivity contribution is -0.119. The van der Waals surface area contributed by atoms with Crippen molar-refractivity contribution in [1.82, 2.24) is 4.90 Å². The van der Waals surface area contributed by atoms with Crippen molar-refractivity contribution in [2.75, 3.05) is 19.6 Å². The summed E-state index contributed by atoms with van der Waals surface area (Å²) >= 11 is 5.88. The van der Waals surface area contributed by atoms with E-state index in [-0.39, 0.29) is 17.8 Å². The second-order valence-electron chi connectivity index (χ2n) is 5.25. The number of benzene rings is 1. The summed E-state index contributed by atoms with van der Waals surface area (Å²) in [6, 6.07) is 7.50. The van der Waals surface area contributed by atoms with Crippen molar-refractivity contribution in [3.63, 3.8) is 0 Å². The van der Waals surface area contributed by atoms with Gasteiger partial charge in [0, 0.05) is 24.7 Å². The van der Waals surface area contributed by atoms with Crippen LogP contribution in [0, 0.1) is 0 Å². The van der Waals surface area contributed by atoms with E-state index < -0.39 is 0 Å². The van der Waals surface area contributed by atoms with Gasteiger partial charge in [0.2, 0.25) is 0 Å². The van der Waals surface area contributed by atoms with Crippen molar-refractivity contribution in [3.8, 4) is 0 Å². The van der Waals surface area contributed by atoms with E-state index in [2.05, 4.69) is 4.90 Å². The van der Waals surface area contributed by atoms with Crippen LogP contribution in [0.25, 0.3) is 0 Å². The minimum Gasteiger partial charge on any atom is -0.393 e. The SMILES string of the molecule is CC(=O)[C@H](CN1CCC(O)CC1)c1ccc(Cl)cc1. The molecule has 1 saturated heterocycles. The molecule has 0 saturated carbocycles. The van der Waals surface area contributed by atoms with Crippen LogP contribution in [0.1, 0.15) is 31.2 Å². The number of likely N-dealkylation sites (tertiary alicyclic amines) is 1. The Labute approximate surface area is 119 Å². The zero-order valence-corrected chi connectivity index (χ0v) is 11.9. The first-order valence-corrected chi connectivity index (χ1v) is 7.10. The fourth-order valence-corrected chi connectivity index (χ4v) is 2.65. The molecule has 1 heterocycles. The number of carbonyl (C=O) groups is 1. The van der Waals surface area contributed by atoms with E-state index in [1.807, 2.05) is 24.3 Å². The van der Waals surface area contributed by atoms with E-state index in [9.17, 15) is 9.90 Å². The molecule has 1 fully saturated rings. The number of hydrogen-bond acceptors (Lipinski definition) is 3. The van der Waals surface area contributed by atoms with E-state index in [0.29, 0.717) is 5.02 Å². The molecular formula is C15H20ClNO2. The maximum atomic E-state index is 11.9. The standard InChI is InChI=1S/C15H20ClNO2/c1-11(18)15(12-2-4-13(16)5-3-12)10-17-8-6-14(19)7-9-17/h2-5,14-15,19H,6-10H2,1H3/t15-/m0/s1. The Bertz CT molecular complexity index is 424. The number of Topliss-reactive ketones (excluding diaryl/α,β-unsaturated/α-hetero) is 1. The van der Waals surface area contributed by atoms with Gasteiger partial charge in [-0.1, -0.05) is 23.7 Å². The first-order valence-electron chi connectivity index (χ1n) is 6.72. The van der Waals surface area contributed by atoms with Crippen LogP contribution in [0.3, 0.4) is 0 Å². The van der Waals surface area contributed by atoms with Crippen molar-refractivity contribution in [1.29, 1.82) is 0 Å². The highest BCUT2D eigenvalue weighted by atomic mass is 35.5. The van der Waals surface area contributed by atoms with Crippen molar-refractivity contribution in [2.45, 2.75) is 31.8 Å². The van der Waals surface area contributed by atoms with Crippen molar-refractivity contribution in [2.24, 2.45) is 0 Å². The Morgan fingerprint density at radius 3 is 2.47 bits per heavy atom. The fraction of sp³-hybridized carbons (Fsp3) is 0.533. The van der Waals surface area contributed by atoms with Crippen LogP contribution >= 0.6 is 11.6 Å². The summed E-state index contributed by atoms with van der Waals surface area (Å²) in [6.07, 6.45) is 1.42. The third-order valence-electron chi connectivity index (χ3n) is 3.76. The van der Waals surface area contributed by atoms with E-state index in [0.717, 1.165) is 38.0 Å². The van der Waals surface area contributed by atoms with E-state index in [1.165, 1.54) is 0 Å². The second kappa shape index (κ2) is 6.51. The van der Waals surface area contributed by atoms with Gasteiger partial charge in [-0.3, -0.25) is 4.79 Å². The van der Waals surface area contributed by atoms with Crippen LogP contribution in [0.4, 0.5) is 0 Å². The molecule has 3 nitrogen and oxygen atoms in total. The van der Waals surface area contributed by atoms with Crippen molar-refractivity contribution < 1.29 is 9.90 Å². The Kier molecular flexibility index (Phi) is 4.97. The highest BCUT2D eigenvalue weighted by molar-refractivity contribution is 6.30. The Morgan fingerprint density at radius 2 is 1.95 bits per heavy atom. The van der Waals surface area contributed by atoms with E-state index in [4.69, 9.17) is 11.6 Å². The Hall–Kier alpha value is -0.900. The monoisotopic (exact) mass is 281 g/mol. The third kappa shape index (κ3) is 4.03. The maximum absolute atomic E-state index is 11.9. The van der Waals surface area contributed by atoms with Crippen LogP contribution in [0.2, 0.25) is 5.02 Å². The molecule has 1 N–H and O–H groups in total. The molecule has 104 valence electrons. The van der Waals surface area contributed by atoms with Gasteiger partial charge in [-0.2, -0.15) is 0 Å². The number of hydrogen-bond donors (Lipinski definition) is 1. The molecule has 4 heteroatoms. The minimum absolute atomic E-state index is 0.104. The third-order valence-corrected chi connectivity index (χ3v) is 4.01. The number of aliphatic hydroxyl groups is 1. The molecule has 1 aromatic carbocycles. The second-order valence-corrected chi connectivity index (χ2v) is 5.68. The zero-order chi connectivity index (χ0) is 13.8. The average Bonchev–Trinajstić information content (AvgIpc) is 2.39. The largest absolute Gasteiger partial charge is 0.393 e. The fourth-order valence-electron chi connectivity index (χ4n) is 2.52. The number of piperidine rings is 1. The summed E-state index contributed by atoms with van der Waals surface area (Å²) in [7, 11) is 0. The number of carbonyl (C=O) groups excluding carboxylic acids is 1. The number of ketones is 1. The van der Waals surface area contributed by atoms with Crippen molar-refractivity contribution in [3.05, 3.63) is 34.9 Å². The molecule has 1 aromatic rings. The molecule has 0 bridgehead atoms. The zero-order valence-electron chi connectivity index (χ0n) is 11.2. The van der Waals surface area contributed by atoms with Crippen molar-refractivity contribution >= 4 is 17.4 Å². The number of halogens is 1. The first-order chi connectivity index (χ1) is 9.06. The van der Waals surface area contributed by atoms with Gasteiger partial charge in [0.05, 0.1) is 12.0 Å². The lowest BCUT2D eigenvalue weighted by Gasteiger charge is -2.32. The van der Waals surface area contributed by atoms with E-state index in [1.54, 1.807) is 6.92 Å². The molecule has 1 aliphatic rings. The predicted octanol–water partition coefficient (Wildman–Crippen LogP) is 2.47. The minimum atomic E-state index is -0.178. The van der Waals surface area contributed by atoms with Crippen LogP contribution in [-0.4, -0.2) is 41.5 Å². The smallest absolute Gasteiger partial charge is 0.138 e. The van der Waals surface area contributed by atoms with Crippen LogP contribution in [-0.2, 0) is 4.79 Å². The van der Waals surface area contributed by atoms with Gasteiger partial charge in [0.1, 0.15) is 5.78 Å². The number of nitrogens with zero attached hydrogens (tertiary/aromatic N) is 1. The summed E-state index contributed by atoms with van der Waals surface area (Å²) in [4.78, 5) is 14.1. The topological polar surface area (TPSA) is 40.5 Å². The number of aliphatic hydroxyl groups excluding tert-OH is 1. The molecular weight excluding hydrogens is 262 g/mol. The summed E-state index contributed by atoms with van der Waals surface area (Å²) in [5, 5.41) is 10.2. The summed E-state index contributed by atoms with van der Waals surface area (Å²) in [5.41, 5.74) is 1.02. The van der Waals surface area contributed by atoms with Crippen LogP contribution < -0.4 is 0 Å². The van der Waals surface area contributed by atoms with Crippen LogP contribution in [0.15, 0.2) is 24.3 Å². The lowest BCUT2D eigenvalue weighted by atomic mass is 9.94. The summed E-state index contributed by atoms with van der Waals surface area (Å²) in [5.74, 6) is 0.0703. The lowest BCUT2D eigenvalue weighted by Crippen LogP contribution is -2.39. The van der Waals surface area contributed by atoms with Gasteiger partial charge in [-0.25, -0.2) is 0 Å². The molecule has 2 rings (SSSR count). The van der Waals surface area contributed by atoms with Gasteiger partial charge in [0.25, 0.3) is 0 Å². The molecule has 0 spiro atoms. The van der Waals surface area contributed by atoms with Gasteiger partial charge in [-0.15, -0.1) is 0 Å². The van der Waals surface area contributed by atoms with Gasteiger partial charge in [0.15, 0.2) is 0 Å². The van der Waals surface area contributed by atoms with E-state index >= 15 is 0 Å². The Morgan fingerprint density at radius 1 is 1.37 bits per heavy atom.